The number of nitrogens with zero attached hydrogens (tertiary/aromatic N) is 6. The Hall–Kier alpha value is -5.63. The van der Waals surface area contributed by atoms with Gasteiger partial charge in [-0.3, -0.25) is 9.97 Å². The van der Waals surface area contributed by atoms with Gasteiger partial charge in [0.2, 0.25) is 11.9 Å². The molecule has 0 bridgehead atoms. The zero-order valence-electron chi connectivity index (χ0n) is 36.6. The molecule has 6 aromatic heterocycles. The number of aromatic nitrogens is 6. The first-order valence-electron chi connectivity index (χ1n) is 21.5. The number of rotatable bonds is 14. The standard InChI is InChI=1S/C22H26F3N5O4.C21H23ClF3N5O4/c1-3-13-4-11-6-15(34-16(11)7-26-13)17-10(2)28-21(27-9-22(23,24)25)30-20(17)29-14-5-12(8-31)18(32)19(14)33;1-2-11-3-9-5-13(34-14(9)6-26-11)15-18(22)29-20(27-8-21(23,24)25)30-19(15)28-12-4-10(7-31)16(32)17(12)33/h4,6-7,12,14,18-19,31-33H,3,5,8-9H2,1-2H3,(H2,27,28,29,30);3,5-6,10,12,16-17,31-33H,2,4,7-8H2,1H3,(H2,27,28,29,30)/t12-,14-,18-,19+;10-,12-,16-,17+/m11/s1. The molecule has 0 spiro atoms. The van der Waals surface area contributed by atoms with Crippen LogP contribution < -0.4 is 21.3 Å². The molecule has 68 heavy (non-hydrogen) atoms. The van der Waals surface area contributed by atoms with E-state index in [0.717, 1.165) is 28.6 Å². The minimum Gasteiger partial charge on any atom is -0.454 e. The lowest BCUT2D eigenvalue weighted by molar-refractivity contribution is -0.116. The molecule has 0 amide bonds. The lowest BCUT2D eigenvalue weighted by atomic mass is 10.1. The summed E-state index contributed by atoms with van der Waals surface area (Å²) in [6.07, 6.45) is -8.75. The highest BCUT2D eigenvalue weighted by Crippen LogP contribution is 2.40. The molecule has 25 heteroatoms. The summed E-state index contributed by atoms with van der Waals surface area (Å²) < 4.78 is 88.1. The van der Waals surface area contributed by atoms with Crippen molar-refractivity contribution in [3.8, 4) is 22.6 Å². The van der Waals surface area contributed by atoms with Crippen LogP contribution in [0.25, 0.3) is 44.6 Å². The van der Waals surface area contributed by atoms with Crippen molar-refractivity contribution in [2.45, 2.75) is 95.3 Å². The Morgan fingerprint density at radius 2 is 1.06 bits per heavy atom. The molecule has 2 fully saturated rings. The molecular weight excluding hydrogens is 934 g/mol. The molecule has 0 aliphatic heterocycles. The van der Waals surface area contributed by atoms with Crippen molar-refractivity contribution in [3.63, 3.8) is 0 Å². The predicted molar refractivity (Wildman–Crippen MR) is 237 cm³/mol. The Morgan fingerprint density at radius 3 is 1.47 bits per heavy atom. The second-order valence-electron chi connectivity index (χ2n) is 16.5. The molecule has 18 nitrogen and oxygen atoms in total. The van der Waals surface area contributed by atoms with Crippen molar-refractivity contribution in [1.29, 1.82) is 0 Å². The number of hydrogen-bond donors (Lipinski definition) is 10. The topological polar surface area (TPSA) is 273 Å². The normalized spacial score (nSPS) is 22.9. The van der Waals surface area contributed by atoms with E-state index in [0.29, 0.717) is 34.6 Å². The van der Waals surface area contributed by atoms with Gasteiger partial charge in [0, 0.05) is 47.2 Å². The van der Waals surface area contributed by atoms with Crippen molar-refractivity contribution in [2.75, 3.05) is 47.6 Å². The van der Waals surface area contributed by atoms with Crippen LogP contribution in [-0.2, 0) is 12.8 Å². The molecule has 6 aromatic rings. The molecule has 6 heterocycles. The maximum Gasteiger partial charge on any atom is 0.405 e. The van der Waals surface area contributed by atoms with E-state index >= 15 is 0 Å². The van der Waals surface area contributed by atoms with E-state index < -0.39 is 73.8 Å². The van der Waals surface area contributed by atoms with Gasteiger partial charge in [-0.1, -0.05) is 25.4 Å². The maximum atomic E-state index is 12.7. The zero-order chi connectivity index (χ0) is 49.2. The summed E-state index contributed by atoms with van der Waals surface area (Å²) in [4.78, 5) is 25.1. The highest BCUT2D eigenvalue weighted by molar-refractivity contribution is 6.32. The molecule has 10 N–H and O–H groups in total. The Kier molecular flexibility index (Phi) is 15.2. The Bertz CT molecular complexity index is 2530. The van der Waals surface area contributed by atoms with Gasteiger partial charge in [-0.25, -0.2) is 9.97 Å². The van der Waals surface area contributed by atoms with Gasteiger partial charge in [-0.2, -0.15) is 36.3 Å². The average Bonchev–Trinajstić information content (AvgIpc) is 4.04. The Morgan fingerprint density at radius 1 is 0.632 bits per heavy atom. The molecule has 0 aromatic carbocycles. The minimum atomic E-state index is -4.51. The van der Waals surface area contributed by atoms with Crippen molar-refractivity contribution in [2.24, 2.45) is 11.8 Å². The zero-order valence-corrected chi connectivity index (χ0v) is 37.3. The van der Waals surface area contributed by atoms with Crippen molar-refractivity contribution in [3.05, 3.63) is 58.9 Å². The quantitative estimate of drug-likeness (QED) is 0.0468. The molecule has 0 radical (unpaired) electrons. The van der Waals surface area contributed by atoms with Crippen LogP contribution in [0, 0.1) is 18.8 Å². The number of aliphatic hydroxyl groups is 6. The molecule has 8 rings (SSSR count). The summed E-state index contributed by atoms with van der Waals surface area (Å²) in [6, 6.07) is 5.72. The Balaban J connectivity index is 0.000000201. The van der Waals surface area contributed by atoms with Crippen molar-refractivity contribution < 1.29 is 65.8 Å². The first-order chi connectivity index (χ1) is 32.2. The molecule has 2 aliphatic carbocycles. The predicted octanol–water partition coefficient (Wildman–Crippen LogP) is 5.63. The fourth-order valence-electron chi connectivity index (χ4n) is 8.11. The number of alkyl halides is 6. The van der Waals surface area contributed by atoms with Crippen LogP contribution in [-0.4, -0.2) is 136 Å². The highest BCUT2D eigenvalue weighted by atomic mass is 35.5. The van der Waals surface area contributed by atoms with Gasteiger partial charge in [-0.15, -0.1) is 0 Å². The second kappa shape index (κ2) is 20.5. The van der Waals surface area contributed by atoms with Crippen LogP contribution in [0.2, 0.25) is 5.15 Å². The molecule has 0 saturated heterocycles. The molecule has 2 saturated carbocycles. The summed E-state index contributed by atoms with van der Waals surface area (Å²) in [6.45, 7) is 2.18. The third-order valence-corrected chi connectivity index (χ3v) is 12.0. The van der Waals surface area contributed by atoms with Gasteiger partial charge in [0.1, 0.15) is 53.6 Å². The summed E-state index contributed by atoms with van der Waals surface area (Å²) in [5.41, 5.74) is 3.61. The van der Waals surface area contributed by atoms with Crippen LogP contribution in [0.4, 0.5) is 49.9 Å². The van der Waals surface area contributed by atoms with Crippen molar-refractivity contribution in [1.82, 2.24) is 29.9 Å². The second-order valence-corrected chi connectivity index (χ2v) is 16.9. The van der Waals surface area contributed by atoms with Crippen molar-refractivity contribution >= 4 is 57.1 Å². The molecule has 368 valence electrons. The fraction of sp³-hybridized carbons (Fsp3) is 0.488. The SMILES string of the molecule is CCc1cc2cc(-c3c(C)nc(NCC(F)(F)F)nc3N[C@@H]3C[C@H](CO)[C@@H](O)[C@H]3O)oc2cn1.CCc1cc2cc(-c3c(Cl)nc(NCC(F)(F)F)nc3N[C@@H]3C[C@H](CO)[C@@H](O)[C@H]3O)oc2cn1. The van der Waals surface area contributed by atoms with Gasteiger partial charge in [0.05, 0.1) is 53.5 Å². The van der Waals surface area contributed by atoms with Gasteiger partial charge in [-0.05, 0) is 56.9 Å². The lowest BCUT2D eigenvalue weighted by Crippen LogP contribution is -2.36. The third kappa shape index (κ3) is 11.4. The maximum absolute atomic E-state index is 12.7. The molecular formula is C43H49ClF6N10O8. The largest absolute Gasteiger partial charge is 0.454 e. The fourth-order valence-corrected chi connectivity index (χ4v) is 8.37. The summed E-state index contributed by atoms with van der Waals surface area (Å²) in [5.74, 6) is -1.01. The van der Waals surface area contributed by atoms with Gasteiger partial charge < -0.3 is 60.7 Å². The average molecular weight is 983 g/mol. The number of anilines is 4. The van der Waals surface area contributed by atoms with Crippen LogP contribution in [0.15, 0.2) is 45.5 Å². The van der Waals surface area contributed by atoms with E-state index in [9.17, 15) is 57.0 Å². The first-order valence-corrected chi connectivity index (χ1v) is 21.9. The number of fused-ring (bicyclic) bond motifs is 2. The molecule has 2 aliphatic rings. The van der Waals surface area contributed by atoms with Gasteiger partial charge in [0.25, 0.3) is 0 Å². The van der Waals surface area contributed by atoms with E-state index in [4.69, 9.17) is 20.4 Å². The van der Waals surface area contributed by atoms with Crippen LogP contribution in [0.3, 0.4) is 0 Å². The monoisotopic (exact) mass is 982 g/mol. The summed E-state index contributed by atoms with van der Waals surface area (Å²) in [7, 11) is 0. The minimum absolute atomic E-state index is 0.00208. The van der Waals surface area contributed by atoms with E-state index in [1.807, 2.05) is 26.0 Å². The number of furan rings is 2. The first kappa shape index (κ1) is 50.3. The third-order valence-electron chi connectivity index (χ3n) is 11.7. The summed E-state index contributed by atoms with van der Waals surface area (Å²) in [5, 5.41) is 71.7. The molecule has 8 atom stereocenters. The van der Waals surface area contributed by atoms with Gasteiger partial charge >= 0.3 is 12.4 Å². The number of aliphatic hydroxyl groups excluding tert-OH is 6. The number of nitrogens with one attached hydrogen (secondary N) is 4. The van der Waals surface area contributed by atoms with Crippen LogP contribution >= 0.6 is 11.6 Å². The number of pyridine rings is 2. The Labute approximate surface area is 388 Å². The highest BCUT2D eigenvalue weighted by Gasteiger charge is 2.43. The van der Waals surface area contributed by atoms with Crippen LogP contribution in [0.5, 0.6) is 0 Å². The smallest absolute Gasteiger partial charge is 0.405 e. The number of hydrogen-bond acceptors (Lipinski definition) is 18. The molecule has 0 unspecified atom stereocenters. The summed E-state index contributed by atoms with van der Waals surface area (Å²) >= 11 is 6.37. The van der Waals surface area contributed by atoms with E-state index in [-0.39, 0.29) is 66.1 Å². The number of halogens is 7. The van der Waals surface area contributed by atoms with E-state index in [1.165, 1.54) is 0 Å². The van der Waals surface area contributed by atoms with Crippen LogP contribution in [0.1, 0.15) is 43.8 Å². The van der Waals surface area contributed by atoms with E-state index in [2.05, 4.69) is 51.2 Å². The van der Waals surface area contributed by atoms with Gasteiger partial charge in [0.15, 0.2) is 11.2 Å². The van der Waals surface area contributed by atoms with E-state index in [1.54, 1.807) is 31.5 Å². The number of aryl methyl sites for hydroxylation is 3. The lowest BCUT2D eigenvalue weighted by Gasteiger charge is -2.21.